The Hall–Kier alpha value is -3.12. The van der Waals surface area contributed by atoms with Crippen molar-refractivity contribution in [2.24, 2.45) is 0 Å². The van der Waals surface area contributed by atoms with Crippen molar-refractivity contribution in [3.63, 3.8) is 0 Å². The van der Waals surface area contributed by atoms with E-state index in [0.29, 0.717) is 18.8 Å². The number of benzene rings is 1. The van der Waals surface area contributed by atoms with Crippen LogP contribution in [0, 0.1) is 0 Å². The van der Waals surface area contributed by atoms with E-state index in [1.54, 1.807) is 17.0 Å². The van der Waals surface area contributed by atoms with Crippen LogP contribution in [0.2, 0.25) is 0 Å². The maximum Gasteiger partial charge on any atom is 0.290 e. The Bertz CT molecular complexity index is 867. The molecule has 140 valence electrons. The van der Waals surface area contributed by atoms with E-state index in [2.05, 4.69) is 0 Å². The van der Waals surface area contributed by atoms with E-state index in [1.807, 2.05) is 49.3 Å². The number of hydrogen-bond acceptors (Lipinski definition) is 5. The number of aliphatic hydroxyl groups is 1. The van der Waals surface area contributed by atoms with Gasteiger partial charge >= 0.3 is 0 Å². The molecule has 2 aromatic rings. The van der Waals surface area contributed by atoms with Crippen molar-refractivity contribution in [3.05, 3.63) is 77.5 Å². The minimum atomic E-state index is -0.618. The molecule has 6 heteroatoms. The molecule has 1 aliphatic rings. The van der Waals surface area contributed by atoms with Crippen molar-refractivity contribution in [1.82, 2.24) is 9.80 Å². The number of likely N-dealkylation sites (N-methyl/N-ethyl adjacent to an activating group) is 1. The lowest BCUT2D eigenvalue weighted by Gasteiger charge is -2.27. The van der Waals surface area contributed by atoms with Crippen LogP contribution in [0.3, 0.4) is 0 Å². The quantitative estimate of drug-likeness (QED) is 0.763. The van der Waals surface area contributed by atoms with E-state index in [9.17, 15) is 14.7 Å². The van der Waals surface area contributed by atoms with E-state index < -0.39 is 23.5 Å². The molecule has 0 spiro atoms. The highest BCUT2D eigenvalue weighted by Crippen LogP contribution is 2.37. The van der Waals surface area contributed by atoms with Crippen LogP contribution in [0.15, 0.2) is 70.6 Å². The predicted molar refractivity (Wildman–Crippen MR) is 102 cm³/mol. The Morgan fingerprint density at radius 1 is 1.22 bits per heavy atom. The summed E-state index contributed by atoms with van der Waals surface area (Å²) in [6, 6.07) is 12.1. The first-order valence-electron chi connectivity index (χ1n) is 8.68. The number of carbonyl (C=O) groups excluding carboxylic acids is 2. The molecule has 6 nitrogen and oxygen atoms in total. The summed E-state index contributed by atoms with van der Waals surface area (Å²) < 4.78 is 5.19. The maximum atomic E-state index is 12.8. The average Bonchev–Trinajstić information content (AvgIpc) is 3.26. The summed E-state index contributed by atoms with van der Waals surface area (Å²) in [5.74, 6) is -0.913. The van der Waals surface area contributed by atoms with E-state index in [0.717, 1.165) is 5.56 Å². The fraction of sp³-hybridized carbons (Fsp3) is 0.238. The first kappa shape index (κ1) is 18.7. The molecule has 1 aromatic heterocycles. The highest BCUT2D eigenvalue weighted by Gasteiger charge is 2.42. The van der Waals surface area contributed by atoms with Gasteiger partial charge in [0.1, 0.15) is 5.76 Å². The number of amides is 1. The van der Waals surface area contributed by atoms with Crippen LogP contribution in [-0.2, 0) is 9.59 Å². The van der Waals surface area contributed by atoms with Crippen LogP contribution >= 0.6 is 0 Å². The summed E-state index contributed by atoms with van der Waals surface area (Å²) in [6.07, 6.45) is 4.36. The molecule has 1 aliphatic heterocycles. The van der Waals surface area contributed by atoms with Crippen LogP contribution < -0.4 is 0 Å². The number of carbonyl (C=O) groups is 2. The van der Waals surface area contributed by atoms with Crippen molar-refractivity contribution in [2.45, 2.75) is 6.04 Å². The fourth-order valence-corrected chi connectivity index (χ4v) is 3.06. The Morgan fingerprint density at radius 2 is 1.96 bits per heavy atom. The summed E-state index contributed by atoms with van der Waals surface area (Å²) in [5, 5.41) is 10.4. The largest absolute Gasteiger partial charge is 0.503 e. The lowest BCUT2D eigenvalue weighted by molar-refractivity contribution is -0.129. The third-order valence-corrected chi connectivity index (χ3v) is 4.41. The second-order valence-corrected chi connectivity index (χ2v) is 6.59. The summed E-state index contributed by atoms with van der Waals surface area (Å²) >= 11 is 0. The van der Waals surface area contributed by atoms with E-state index in [4.69, 9.17) is 4.42 Å². The summed E-state index contributed by atoms with van der Waals surface area (Å²) in [7, 11) is 3.81. The predicted octanol–water partition coefficient (Wildman–Crippen LogP) is 2.82. The van der Waals surface area contributed by atoms with Gasteiger partial charge in [0.2, 0.25) is 0 Å². The second-order valence-electron chi connectivity index (χ2n) is 6.59. The van der Waals surface area contributed by atoms with Crippen LogP contribution in [-0.4, -0.2) is 53.8 Å². The Balaban J connectivity index is 1.95. The van der Waals surface area contributed by atoms with Gasteiger partial charge in [0.05, 0.1) is 17.9 Å². The van der Waals surface area contributed by atoms with Crippen LogP contribution in [0.25, 0.3) is 6.08 Å². The minimum Gasteiger partial charge on any atom is -0.503 e. The topological polar surface area (TPSA) is 74.0 Å². The van der Waals surface area contributed by atoms with E-state index in [-0.39, 0.29) is 5.57 Å². The van der Waals surface area contributed by atoms with Gasteiger partial charge in [0.15, 0.2) is 11.5 Å². The summed E-state index contributed by atoms with van der Waals surface area (Å²) in [5.41, 5.74) is 0.871. The van der Waals surface area contributed by atoms with Gasteiger partial charge in [-0.05, 0) is 43.9 Å². The van der Waals surface area contributed by atoms with Gasteiger partial charge in [-0.25, -0.2) is 0 Å². The molecular formula is C21H22N2O4. The molecule has 27 heavy (non-hydrogen) atoms. The SMILES string of the molecule is CN(C)CCN1C(=O)C(O)=C(C(=O)C=Cc2ccco2)C1c1ccccc1. The zero-order chi connectivity index (χ0) is 19.4. The van der Waals surface area contributed by atoms with Crippen molar-refractivity contribution in [3.8, 4) is 0 Å². The maximum absolute atomic E-state index is 12.8. The van der Waals surface area contributed by atoms with Crippen molar-refractivity contribution < 1.29 is 19.1 Å². The van der Waals surface area contributed by atoms with Gasteiger partial charge < -0.3 is 19.3 Å². The standard InChI is InChI=1S/C21H22N2O4/c1-22(2)12-13-23-19(15-7-4-3-5-8-15)18(20(25)21(23)26)17(24)11-10-16-9-6-14-27-16/h3-11,14,19,25H,12-13H2,1-2H3. The van der Waals surface area contributed by atoms with E-state index >= 15 is 0 Å². The van der Waals surface area contributed by atoms with Gasteiger partial charge in [-0.3, -0.25) is 9.59 Å². The molecule has 0 radical (unpaired) electrons. The molecule has 2 heterocycles. The van der Waals surface area contributed by atoms with Crippen LogP contribution in [0.4, 0.5) is 0 Å². The number of aliphatic hydroxyl groups excluding tert-OH is 1. The Morgan fingerprint density at radius 3 is 2.59 bits per heavy atom. The average molecular weight is 366 g/mol. The molecule has 1 aromatic carbocycles. The molecule has 1 amide bonds. The van der Waals surface area contributed by atoms with Gasteiger partial charge in [-0.1, -0.05) is 30.3 Å². The molecule has 3 rings (SSSR count). The molecular weight excluding hydrogens is 344 g/mol. The number of allylic oxidation sites excluding steroid dienone is 1. The summed E-state index contributed by atoms with van der Waals surface area (Å²) in [6.45, 7) is 1.01. The highest BCUT2D eigenvalue weighted by atomic mass is 16.3. The van der Waals surface area contributed by atoms with E-state index in [1.165, 1.54) is 18.4 Å². The fourth-order valence-electron chi connectivity index (χ4n) is 3.06. The molecule has 0 aliphatic carbocycles. The first-order valence-corrected chi connectivity index (χ1v) is 8.68. The number of ketones is 1. The Labute approximate surface area is 158 Å². The number of nitrogens with zero attached hydrogens (tertiary/aromatic N) is 2. The van der Waals surface area contributed by atoms with Crippen molar-refractivity contribution >= 4 is 17.8 Å². The zero-order valence-electron chi connectivity index (χ0n) is 15.3. The molecule has 0 bridgehead atoms. The zero-order valence-corrected chi connectivity index (χ0v) is 15.3. The number of hydrogen-bond donors (Lipinski definition) is 1. The van der Waals surface area contributed by atoms with Gasteiger partial charge in [-0.15, -0.1) is 0 Å². The van der Waals surface area contributed by atoms with Gasteiger partial charge in [-0.2, -0.15) is 0 Å². The van der Waals surface area contributed by atoms with Crippen molar-refractivity contribution in [1.29, 1.82) is 0 Å². The van der Waals surface area contributed by atoms with Gasteiger partial charge in [0, 0.05) is 13.1 Å². The molecule has 0 fully saturated rings. The number of rotatable bonds is 7. The molecule has 1 N–H and O–H groups in total. The first-order chi connectivity index (χ1) is 13.0. The van der Waals surface area contributed by atoms with Crippen LogP contribution in [0.1, 0.15) is 17.4 Å². The molecule has 1 atom stereocenters. The second kappa shape index (κ2) is 8.05. The number of furan rings is 1. The monoisotopic (exact) mass is 366 g/mol. The third-order valence-electron chi connectivity index (χ3n) is 4.41. The molecule has 0 saturated carbocycles. The highest BCUT2D eigenvalue weighted by molar-refractivity contribution is 6.14. The van der Waals surface area contributed by atoms with Crippen molar-refractivity contribution in [2.75, 3.05) is 27.2 Å². The van der Waals surface area contributed by atoms with Gasteiger partial charge in [0.25, 0.3) is 5.91 Å². The third kappa shape index (κ3) is 4.01. The van der Waals surface area contributed by atoms with Crippen LogP contribution in [0.5, 0.6) is 0 Å². The Kier molecular flexibility index (Phi) is 5.57. The summed E-state index contributed by atoms with van der Waals surface area (Å²) in [4.78, 5) is 29.0. The lowest BCUT2D eigenvalue weighted by atomic mass is 9.96. The smallest absolute Gasteiger partial charge is 0.290 e. The lowest BCUT2D eigenvalue weighted by Crippen LogP contribution is -2.36. The molecule has 1 unspecified atom stereocenters. The normalized spacial score (nSPS) is 17.5. The minimum absolute atomic E-state index is 0.0905. The molecule has 0 saturated heterocycles.